The number of ketones is 1. The number of hydrogen-bond acceptors (Lipinski definition) is 30. The highest BCUT2D eigenvalue weighted by atomic mass is 79.9. The van der Waals surface area contributed by atoms with Gasteiger partial charge in [-0.2, -0.15) is 0 Å². The molecule has 1 N–H and O–H groups in total. The van der Waals surface area contributed by atoms with Crippen LogP contribution in [0.25, 0.3) is 34.2 Å². The number of carboxylic acids is 1. The summed E-state index contributed by atoms with van der Waals surface area (Å²) >= 11 is 37.0. The highest BCUT2D eigenvalue weighted by Crippen LogP contribution is 2.72. The van der Waals surface area contributed by atoms with Crippen molar-refractivity contribution in [3.63, 3.8) is 0 Å². The number of aromatic carboxylic acids is 1. The van der Waals surface area contributed by atoms with Crippen LogP contribution in [-0.4, -0.2) is 172 Å². The smallest absolute Gasteiger partial charge is 0.339 e. The van der Waals surface area contributed by atoms with Crippen LogP contribution in [0.15, 0.2) is 131 Å². The van der Waals surface area contributed by atoms with Crippen molar-refractivity contribution in [2.75, 3.05) is 14.2 Å². The fourth-order valence-corrected chi connectivity index (χ4v) is 16.5. The highest BCUT2D eigenvalue weighted by molar-refractivity contribution is 9.10. The zero-order chi connectivity index (χ0) is 91.8. The topological polar surface area (TPSA) is 438 Å². The number of ether oxygens (including phenoxy) is 6. The van der Waals surface area contributed by atoms with Crippen molar-refractivity contribution in [1.29, 1.82) is 0 Å². The molecular weight excluding hydrogens is 1870 g/mol. The second kappa shape index (κ2) is 42.9. The van der Waals surface area contributed by atoms with Crippen molar-refractivity contribution in [2.45, 2.75) is 136 Å². The summed E-state index contributed by atoms with van der Waals surface area (Å²) < 4.78 is 38.5. The van der Waals surface area contributed by atoms with E-state index in [4.69, 9.17) is 86.8 Å². The van der Waals surface area contributed by atoms with Crippen molar-refractivity contribution in [3.05, 3.63) is 242 Å². The lowest BCUT2D eigenvalue weighted by Crippen LogP contribution is -2.64. The van der Waals surface area contributed by atoms with Crippen molar-refractivity contribution < 1.29 is 71.9 Å². The quantitative estimate of drug-likeness (QED) is 0.0182. The van der Waals surface area contributed by atoms with Gasteiger partial charge in [0.2, 0.25) is 0 Å². The van der Waals surface area contributed by atoms with Gasteiger partial charge in [-0.15, -0.1) is 32.0 Å². The van der Waals surface area contributed by atoms with Crippen LogP contribution in [0.1, 0.15) is 187 Å². The molecule has 0 unspecified atom stereocenters. The zero-order valence-corrected chi connectivity index (χ0v) is 77.2. The number of methoxy groups -OCH3 is 2. The number of aromatic nitrogens is 20. The summed E-state index contributed by atoms with van der Waals surface area (Å²) in [6, 6.07) is 27.1. The van der Waals surface area contributed by atoms with E-state index in [2.05, 4.69) is 118 Å². The van der Waals surface area contributed by atoms with E-state index in [1.54, 1.807) is 186 Å². The van der Waals surface area contributed by atoms with Crippen LogP contribution in [0.5, 0.6) is 0 Å². The number of Topliss-reactive ketones (excluding diaryl/α,β-unsaturated/α-hetero) is 1. The number of carbonyl (C=O) groups excluding carboxylic acids is 7. The normalized spacial score (nSPS) is 14.8. The van der Waals surface area contributed by atoms with Gasteiger partial charge in [-0.25, -0.2) is 39.3 Å². The van der Waals surface area contributed by atoms with E-state index < -0.39 is 54.3 Å². The Morgan fingerprint density at radius 2 is 0.714 bits per heavy atom. The van der Waals surface area contributed by atoms with Crippen LogP contribution < -0.4 is 0 Å². The number of pyridine rings is 8. The molecular formula is C84H83Br2Cl5N20O15. The number of carboxylic acid groups (broad SMARTS) is 1. The van der Waals surface area contributed by atoms with E-state index in [0.717, 1.165) is 19.3 Å². The van der Waals surface area contributed by atoms with Crippen LogP contribution in [0.2, 0.25) is 20.6 Å². The first-order valence-electron chi connectivity index (χ1n) is 38.4. The van der Waals surface area contributed by atoms with Crippen molar-refractivity contribution >= 4 is 137 Å². The number of hydrogen-bond donors (Lipinski definition) is 1. The molecule has 15 rings (SSSR count). The molecule has 3 aliphatic rings. The molecule has 0 aliphatic heterocycles. The number of carbonyl (C=O) groups is 8. The summed E-state index contributed by atoms with van der Waals surface area (Å²) in [5.41, 5.74) is 11.3. The minimum absolute atomic E-state index is 0.0504. The molecule has 0 amide bonds. The SMILES string of the molecule is COC(=O)c1ccc(-c2nnn(C)c2CC(=O)O[C@H](C)c2cccnc2Cl)nc1C.COC(=O)c1ccc(Br)nc1C.C[C@@H](OC(=O)Cc1c(Br)nnn1C)c1cccnc1Cl.Cc1nc(-c2nnn(C)c2CC(=O)O[C@H](C)c2cccnc2Cl)ccc1C(=O)CC12CC(Cl)(C1)C2.Cc1nc(-c2nnn(C)c2CC(=O)O[C@H](C)c2cccnc2Cl)ccc1C(=O)O. The number of rotatable bonds is 25. The van der Waals surface area contributed by atoms with Crippen LogP contribution >= 0.6 is 89.9 Å². The average molecular weight is 1950 g/mol. The second-order valence-corrected chi connectivity index (χ2v) is 32.9. The van der Waals surface area contributed by atoms with Gasteiger partial charge >= 0.3 is 41.8 Å². The minimum Gasteiger partial charge on any atom is -0.478 e. The molecule has 4 atom stereocenters. The lowest BCUT2D eigenvalue weighted by Gasteiger charge is -2.67. The summed E-state index contributed by atoms with van der Waals surface area (Å²) in [5.74, 6) is -3.62. The molecule has 0 spiro atoms. The molecule has 2 bridgehead atoms. The van der Waals surface area contributed by atoms with E-state index in [9.17, 15) is 38.4 Å². The summed E-state index contributed by atoms with van der Waals surface area (Å²) in [6.45, 7) is 13.8. The largest absolute Gasteiger partial charge is 0.478 e. The number of halogens is 7. The lowest BCUT2D eigenvalue weighted by atomic mass is 9.42. The molecule has 126 heavy (non-hydrogen) atoms. The average Bonchev–Trinajstić information content (AvgIpc) is 0.972. The van der Waals surface area contributed by atoms with Crippen LogP contribution in [-0.2, 0) is 101 Å². The van der Waals surface area contributed by atoms with Crippen molar-refractivity contribution in [2.24, 2.45) is 33.6 Å². The van der Waals surface area contributed by atoms with Gasteiger partial charge in [0.05, 0.1) is 114 Å². The number of aryl methyl sites for hydroxylation is 8. The van der Waals surface area contributed by atoms with Gasteiger partial charge in [0, 0.05) is 97.8 Å². The first-order valence-corrected chi connectivity index (χ1v) is 41.9. The molecule has 12 heterocycles. The van der Waals surface area contributed by atoms with Crippen LogP contribution in [0.3, 0.4) is 0 Å². The van der Waals surface area contributed by atoms with Gasteiger partial charge in [0.15, 0.2) is 10.4 Å². The number of alkyl halides is 1. The Morgan fingerprint density at radius 3 is 1.00 bits per heavy atom. The Morgan fingerprint density at radius 1 is 0.421 bits per heavy atom. The van der Waals surface area contributed by atoms with Crippen LogP contribution in [0.4, 0.5) is 0 Å². The molecule has 0 radical (unpaired) electrons. The Hall–Kier alpha value is -11.9. The van der Waals surface area contributed by atoms with Crippen molar-refractivity contribution in [1.82, 2.24) is 99.8 Å². The third kappa shape index (κ3) is 24.2. The third-order valence-electron chi connectivity index (χ3n) is 20.1. The van der Waals surface area contributed by atoms with E-state index in [-0.39, 0.29) is 69.6 Å². The predicted molar refractivity (Wildman–Crippen MR) is 466 cm³/mol. The fourth-order valence-electron chi connectivity index (χ4n) is 13.7. The second-order valence-electron chi connectivity index (χ2n) is 29.1. The van der Waals surface area contributed by atoms with Gasteiger partial charge in [0.25, 0.3) is 0 Å². The Kier molecular flexibility index (Phi) is 32.8. The molecule has 42 heteroatoms. The lowest BCUT2D eigenvalue weighted by molar-refractivity contribution is -0.148. The van der Waals surface area contributed by atoms with Gasteiger partial charge < -0.3 is 33.5 Å². The monoisotopic (exact) mass is 1940 g/mol. The van der Waals surface area contributed by atoms with Crippen molar-refractivity contribution in [3.8, 4) is 34.2 Å². The third-order valence-corrected chi connectivity index (χ3v) is 22.8. The highest BCUT2D eigenvalue weighted by Gasteiger charge is 2.67. The standard InChI is InChI=1S/C25H25Cl2N5O3.C20H20ClN5O4.C19H18ClN5O4.C12H12BrClN4O2.C8H8BrNO2/c1-14-16(20(33)10-24-11-25(27,12-24)13-24)6-7-18(29-14)22-19(32(3)31-30-22)9-21(34)35-15(2)17-5-4-8-28-23(17)26;1-11-13(20(28)29-4)7-8-15(23-11)18-16(26(3)25-24-18)10-17(27)30-12(2)14-6-5-9-22-19(14)21;1-10-12(19(27)28)6-7-14(22-10)17-15(25(3)24-23-17)9-16(26)29-11(2)13-5-4-8-21-18(13)20;1-7(8-4-3-5-15-12(8)14)20-10(19)6-9-11(13)16-17-18(9)2;1-5-6(8(11)12-2)3-4-7(9)10-5/h4-8,15H,9-13H2,1-3H3;5-9,12H,10H2,1-4H3;4-8,11H,9H2,1-3H3,(H,27,28);3-5,7H,6H2,1-2H3;3-4H,1-2H3/t15-,24?,25?;12-;11-;7-;/m1111./s1. The van der Waals surface area contributed by atoms with Crippen LogP contribution in [0, 0.1) is 33.1 Å². The van der Waals surface area contributed by atoms with Gasteiger partial charge in [-0.1, -0.05) is 91.5 Å². The molecule has 0 aromatic carbocycles. The first kappa shape index (κ1) is 96.3. The van der Waals surface area contributed by atoms with Gasteiger partial charge in [-0.05, 0) is 185 Å². The van der Waals surface area contributed by atoms with E-state index in [1.165, 1.54) is 45.1 Å². The number of esters is 6. The molecule has 35 nitrogen and oxygen atoms in total. The summed E-state index contributed by atoms with van der Waals surface area (Å²) in [5, 5.41) is 42.4. The maximum atomic E-state index is 12.9. The minimum atomic E-state index is -1.06. The predicted octanol–water partition coefficient (Wildman–Crippen LogP) is 14.9. The Balaban J connectivity index is 0.000000170. The molecule has 658 valence electrons. The zero-order valence-electron chi connectivity index (χ0n) is 70.3. The van der Waals surface area contributed by atoms with Gasteiger partial charge in [-0.3, -0.25) is 57.7 Å². The Labute approximate surface area is 763 Å². The molecule has 0 saturated heterocycles. The summed E-state index contributed by atoms with van der Waals surface area (Å²) in [7, 11) is 9.40. The fraction of sp³-hybridized carbons (Fsp3) is 0.333. The molecule has 3 saturated carbocycles. The van der Waals surface area contributed by atoms with E-state index >= 15 is 0 Å². The molecule has 12 aromatic heterocycles. The first-order chi connectivity index (χ1) is 59.8. The Bertz CT molecular complexity index is 6030. The summed E-state index contributed by atoms with van der Waals surface area (Å²) in [6.07, 6.45) is 7.22. The molecule has 3 fully saturated rings. The van der Waals surface area contributed by atoms with E-state index in [1.807, 2.05) is 6.92 Å². The number of nitrogens with zero attached hydrogens (tertiary/aromatic N) is 20. The maximum absolute atomic E-state index is 12.9. The maximum Gasteiger partial charge on any atom is 0.339 e. The van der Waals surface area contributed by atoms with Gasteiger partial charge in [0.1, 0.15) is 66.7 Å². The van der Waals surface area contributed by atoms with E-state index in [0.29, 0.717) is 145 Å². The summed E-state index contributed by atoms with van der Waals surface area (Å²) in [4.78, 5) is 130. The molecule has 3 aliphatic carbocycles. The molecule has 12 aromatic rings.